The summed E-state index contributed by atoms with van der Waals surface area (Å²) in [6.07, 6.45) is -4.83. The maximum atomic E-state index is 12.8. The Balaban J connectivity index is 2.57. The first-order valence-electron chi connectivity index (χ1n) is 6.91. The number of aliphatic hydroxyl groups is 1. The zero-order valence-electron chi connectivity index (χ0n) is 12.8. The quantitative estimate of drug-likeness (QED) is 0.794. The van der Waals surface area contributed by atoms with Crippen LogP contribution in [0.3, 0.4) is 0 Å². The Bertz CT molecular complexity index is 510. The highest BCUT2D eigenvalue weighted by Crippen LogP contribution is 2.34. The molecular weight excluding hydrogens is 297 g/mol. The molecule has 4 nitrogen and oxygen atoms in total. The molecule has 3 N–H and O–H groups in total. The van der Waals surface area contributed by atoms with Crippen LogP contribution < -0.4 is 10.6 Å². The molecule has 0 spiro atoms. The number of para-hydroxylation sites is 1. The molecule has 0 saturated carbocycles. The van der Waals surface area contributed by atoms with Gasteiger partial charge in [-0.25, -0.2) is 4.79 Å². The first-order chi connectivity index (χ1) is 10.0. The average molecular weight is 318 g/mol. The Labute approximate surface area is 127 Å². The van der Waals surface area contributed by atoms with Crippen LogP contribution in [-0.2, 0) is 6.18 Å². The molecule has 1 unspecified atom stereocenters. The van der Waals surface area contributed by atoms with Crippen LogP contribution in [0.1, 0.15) is 32.8 Å². The van der Waals surface area contributed by atoms with E-state index in [-0.39, 0.29) is 17.6 Å². The molecule has 0 aliphatic rings. The number of hydrogen-bond donors (Lipinski definition) is 3. The molecule has 22 heavy (non-hydrogen) atoms. The van der Waals surface area contributed by atoms with Crippen molar-refractivity contribution >= 4 is 11.7 Å². The summed E-state index contributed by atoms with van der Waals surface area (Å²) in [5.74, 6) is 0. The number of hydrogen-bond acceptors (Lipinski definition) is 2. The van der Waals surface area contributed by atoms with Crippen molar-refractivity contribution in [2.24, 2.45) is 5.41 Å². The minimum atomic E-state index is -4.54. The van der Waals surface area contributed by atoms with Crippen molar-refractivity contribution in [1.82, 2.24) is 5.32 Å². The second kappa shape index (κ2) is 7.00. The van der Waals surface area contributed by atoms with Crippen molar-refractivity contribution in [3.8, 4) is 0 Å². The van der Waals surface area contributed by atoms with E-state index in [1.54, 1.807) is 0 Å². The van der Waals surface area contributed by atoms with Gasteiger partial charge in [-0.1, -0.05) is 32.9 Å². The average Bonchev–Trinajstić information content (AvgIpc) is 2.36. The van der Waals surface area contributed by atoms with E-state index in [1.807, 2.05) is 20.8 Å². The summed E-state index contributed by atoms with van der Waals surface area (Å²) < 4.78 is 38.3. The van der Waals surface area contributed by atoms with Gasteiger partial charge >= 0.3 is 12.2 Å². The number of urea groups is 1. The third kappa shape index (κ3) is 5.55. The first kappa shape index (κ1) is 18.3. The van der Waals surface area contributed by atoms with Gasteiger partial charge in [0.25, 0.3) is 0 Å². The summed E-state index contributed by atoms with van der Waals surface area (Å²) in [6.45, 7) is 5.74. The number of rotatable bonds is 4. The predicted molar refractivity (Wildman–Crippen MR) is 78.5 cm³/mol. The van der Waals surface area contributed by atoms with Gasteiger partial charge in [-0.2, -0.15) is 13.2 Å². The molecular formula is C15H21F3N2O2. The third-order valence-corrected chi connectivity index (χ3v) is 3.18. The summed E-state index contributed by atoms with van der Waals surface area (Å²) in [7, 11) is 0. The molecule has 0 fully saturated rings. The van der Waals surface area contributed by atoms with E-state index in [0.717, 1.165) is 6.07 Å². The standard InChI is InChI=1S/C15H21F3N2O2/c1-14(2,3)12(21)8-9-19-13(22)20-11-7-5-4-6-10(11)15(16,17)18/h4-7,12,21H,8-9H2,1-3H3,(H2,19,20,22). The van der Waals surface area contributed by atoms with E-state index in [4.69, 9.17) is 0 Å². The van der Waals surface area contributed by atoms with Gasteiger partial charge in [0.15, 0.2) is 0 Å². The number of anilines is 1. The second-order valence-electron chi connectivity index (χ2n) is 6.09. The summed E-state index contributed by atoms with van der Waals surface area (Å²) in [5.41, 5.74) is -1.52. The van der Waals surface area contributed by atoms with Crippen LogP contribution in [0.15, 0.2) is 24.3 Å². The summed E-state index contributed by atoms with van der Waals surface area (Å²) in [6, 6.07) is 4.02. The fourth-order valence-electron chi connectivity index (χ4n) is 1.76. The number of carbonyl (C=O) groups is 1. The lowest BCUT2D eigenvalue weighted by atomic mass is 9.87. The highest BCUT2D eigenvalue weighted by molar-refractivity contribution is 5.90. The predicted octanol–water partition coefficient (Wildman–Crippen LogP) is 3.62. The molecule has 124 valence electrons. The van der Waals surface area contributed by atoms with Gasteiger partial charge in [0, 0.05) is 6.54 Å². The van der Waals surface area contributed by atoms with Gasteiger partial charge in [0.05, 0.1) is 17.4 Å². The number of amides is 2. The second-order valence-corrected chi connectivity index (χ2v) is 6.09. The SMILES string of the molecule is CC(C)(C)C(O)CCNC(=O)Nc1ccccc1C(F)(F)F. The van der Waals surface area contributed by atoms with Crippen LogP contribution in [0.4, 0.5) is 23.7 Å². The zero-order valence-corrected chi connectivity index (χ0v) is 12.8. The summed E-state index contributed by atoms with van der Waals surface area (Å²) in [4.78, 5) is 11.7. The van der Waals surface area contributed by atoms with Gasteiger partial charge in [0.2, 0.25) is 0 Å². The molecule has 1 aromatic carbocycles. The summed E-state index contributed by atoms with van der Waals surface area (Å²) in [5, 5.41) is 14.4. The van der Waals surface area contributed by atoms with Crippen molar-refractivity contribution in [3.63, 3.8) is 0 Å². The molecule has 1 atom stereocenters. The van der Waals surface area contributed by atoms with Gasteiger partial charge in [0.1, 0.15) is 0 Å². The number of halogens is 3. The number of aliphatic hydroxyl groups excluding tert-OH is 1. The van der Waals surface area contributed by atoms with E-state index < -0.39 is 23.9 Å². The molecule has 0 heterocycles. The minimum Gasteiger partial charge on any atom is -0.393 e. The van der Waals surface area contributed by atoms with Crippen molar-refractivity contribution < 1.29 is 23.1 Å². The molecule has 7 heteroatoms. The topological polar surface area (TPSA) is 61.4 Å². The normalized spacial score (nSPS) is 13.6. The van der Waals surface area contributed by atoms with Crippen molar-refractivity contribution in [3.05, 3.63) is 29.8 Å². The monoisotopic (exact) mass is 318 g/mol. The molecule has 0 bridgehead atoms. The fraction of sp³-hybridized carbons (Fsp3) is 0.533. The van der Waals surface area contributed by atoms with E-state index in [1.165, 1.54) is 18.2 Å². The number of carbonyl (C=O) groups excluding carboxylic acids is 1. The lowest BCUT2D eigenvalue weighted by Crippen LogP contribution is -2.35. The van der Waals surface area contributed by atoms with E-state index in [9.17, 15) is 23.1 Å². The Hall–Kier alpha value is -1.76. The Morgan fingerprint density at radius 2 is 1.82 bits per heavy atom. The Morgan fingerprint density at radius 3 is 2.36 bits per heavy atom. The highest BCUT2D eigenvalue weighted by atomic mass is 19.4. The molecule has 1 rings (SSSR count). The van der Waals surface area contributed by atoms with Crippen molar-refractivity contribution in [1.29, 1.82) is 0 Å². The van der Waals surface area contributed by atoms with Gasteiger partial charge in [-0.15, -0.1) is 0 Å². The lowest BCUT2D eigenvalue weighted by molar-refractivity contribution is -0.136. The number of nitrogens with one attached hydrogen (secondary N) is 2. The van der Waals surface area contributed by atoms with Gasteiger partial charge in [-0.3, -0.25) is 0 Å². The van der Waals surface area contributed by atoms with Crippen LogP contribution in [0.2, 0.25) is 0 Å². The van der Waals surface area contributed by atoms with Crippen LogP contribution >= 0.6 is 0 Å². The van der Waals surface area contributed by atoms with E-state index in [2.05, 4.69) is 10.6 Å². The number of benzene rings is 1. The van der Waals surface area contributed by atoms with E-state index in [0.29, 0.717) is 6.42 Å². The lowest BCUT2D eigenvalue weighted by Gasteiger charge is -2.25. The molecule has 0 aliphatic carbocycles. The number of alkyl halides is 3. The van der Waals surface area contributed by atoms with Crippen LogP contribution in [0.5, 0.6) is 0 Å². The fourth-order valence-corrected chi connectivity index (χ4v) is 1.76. The minimum absolute atomic E-state index is 0.165. The maximum Gasteiger partial charge on any atom is 0.418 e. The molecule has 1 aromatic rings. The first-order valence-corrected chi connectivity index (χ1v) is 6.91. The van der Waals surface area contributed by atoms with Crippen molar-refractivity contribution in [2.45, 2.75) is 39.5 Å². The molecule has 0 radical (unpaired) electrons. The molecule has 0 aromatic heterocycles. The zero-order chi connectivity index (χ0) is 17.0. The van der Waals surface area contributed by atoms with Crippen LogP contribution in [-0.4, -0.2) is 23.8 Å². The summed E-state index contributed by atoms with van der Waals surface area (Å²) >= 11 is 0. The smallest absolute Gasteiger partial charge is 0.393 e. The Morgan fingerprint density at radius 1 is 1.23 bits per heavy atom. The van der Waals surface area contributed by atoms with Gasteiger partial charge < -0.3 is 15.7 Å². The van der Waals surface area contributed by atoms with E-state index >= 15 is 0 Å². The molecule has 2 amide bonds. The highest BCUT2D eigenvalue weighted by Gasteiger charge is 2.33. The Kier molecular flexibility index (Phi) is 5.82. The van der Waals surface area contributed by atoms with Crippen LogP contribution in [0.25, 0.3) is 0 Å². The maximum absolute atomic E-state index is 12.8. The molecule has 0 aliphatic heterocycles. The van der Waals surface area contributed by atoms with Gasteiger partial charge in [-0.05, 0) is 24.0 Å². The molecule has 0 saturated heterocycles. The largest absolute Gasteiger partial charge is 0.418 e. The van der Waals surface area contributed by atoms with Crippen LogP contribution in [0, 0.1) is 5.41 Å². The third-order valence-electron chi connectivity index (χ3n) is 3.18. The van der Waals surface area contributed by atoms with Crippen molar-refractivity contribution in [2.75, 3.05) is 11.9 Å².